The largest absolute Gasteiger partial charge is 0.493 e. The number of hydrogen-bond donors (Lipinski definition) is 0. The van der Waals surface area contributed by atoms with Crippen LogP contribution in [0.15, 0.2) is 36.4 Å². The molecule has 0 amide bonds. The third-order valence-electron chi connectivity index (χ3n) is 3.73. The first kappa shape index (κ1) is 18.8. The van der Waals surface area contributed by atoms with Crippen LogP contribution in [0, 0.1) is 17.1 Å². The normalized spacial score (nSPS) is 12.4. The summed E-state index contributed by atoms with van der Waals surface area (Å²) in [5.41, 5.74) is 1.71. The number of nitriles is 1. The van der Waals surface area contributed by atoms with Gasteiger partial charge in [-0.3, -0.25) is 0 Å². The van der Waals surface area contributed by atoms with Crippen molar-refractivity contribution < 1.29 is 13.9 Å². The van der Waals surface area contributed by atoms with Crippen molar-refractivity contribution in [3.63, 3.8) is 0 Å². The molecular weight excluding hydrogens is 341 g/mol. The minimum atomic E-state index is -0.350. The zero-order chi connectivity index (χ0) is 18.4. The van der Waals surface area contributed by atoms with E-state index < -0.39 is 0 Å². The summed E-state index contributed by atoms with van der Waals surface area (Å²) >= 11 is 6.34. The molecule has 0 saturated carbocycles. The highest BCUT2D eigenvalue weighted by atomic mass is 35.5. The van der Waals surface area contributed by atoms with Crippen molar-refractivity contribution in [3.8, 4) is 17.6 Å². The molecule has 0 bridgehead atoms. The number of methoxy groups -OCH3 is 1. The van der Waals surface area contributed by atoms with E-state index in [-0.39, 0.29) is 11.9 Å². The van der Waals surface area contributed by atoms with Crippen molar-refractivity contribution in [2.75, 3.05) is 7.11 Å². The Morgan fingerprint density at radius 1 is 1.32 bits per heavy atom. The van der Waals surface area contributed by atoms with Crippen LogP contribution in [0.4, 0.5) is 4.39 Å². The van der Waals surface area contributed by atoms with Crippen molar-refractivity contribution in [1.82, 2.24) is 0 Å². The van der Waals surface area contributed by atoms with Gasteiger partial charge in [0.1, 0.15) is 5.82 Å². The van der Waals surface area contributed by atoms with Crippen molar-refractivity contribution in [2.24, 2.45) is 0 Å². The Hall–Kier alpha value is -2.51. The summed E-state index contributed by atoms with van der Waals surface area (Å²) < 4.78 is 24.3. The van der Waals surface area contributed by atoms with Gasteiger partial charge in [0.15, 0.2) is 11.5 Å². The molecule has 25 heavy (non-hydrogen) atoms. The smallest absolute Gasteiger partial charge is 0.180 e. The van der Waals surface area contributed by atoms with Crippen LogP contribution in [-0.2, 0) is 0 Å². The van der Waals surface area contributed by atoms with Gasteiger partial charge in [-0.25, -0.2) is 4.39 Å². The fourth-order valence-electron chi connectivity index (χ4n) is 2.20. The summed E-state index contributed by atoms with van der Waals surface area (Å²) in [7, 11) is 1.54. The van der Waals surface area contributed by atoms with Crippen LogP contribution in [0.1, 0.15) is 31.4 Å². The minimum Gasteiger partial charge on any atom is -0.493 e. The molecule has 0 fully saturated rings. The molecule has 0 aliphatic carbocycles. The summed E-state index contributed by atoms with van der Waals surface area (Å²) in [4.78, 5) is 0. The zero-order valence-corrected chi connectivity index (χ0v) is 15.1. The van der Waals surface area contributed by atoms with Crippen LogP contribution in [0.5, 0.6) is 11.5 Å². The zero-order valence-electron chi connectivity index (χ0n) is 14.3. The molecule has 0 aliphatic rings. The summed E-state index contributed by atoms with van der Waals surface area (Å²) in [5, 5.41) is 9.82. The van der Waals surface area contributed by atoms with Crippen LogP contribution >= 0.6 is 11.6 Å². The number of ether oxygens (including phenoxy) is 2. The molecule has 130 valence electrons. The van der Waals surface area contributed by atoms with Crippen LogP contribution < -0.4 is 9.47 Å². The molecule has 0 aliphatic heterocycles. The summed E-state index contributed by atoms with van der Waals surface area (Å²) in [6.07, 6.45) is 2.51. The van der Waals surface area contributed by atoms with Gasteiger partial charge >= 0.3 is 0 Å². The van der Waals surface area contributed by atoms with E-state index in [1.165, 1.54) is 19.2 Å². The van der Waals surface area contributed by atoms with E-state index in [0.29, 0.717) is 33.2 Å². The summed E-state index contributed by atoms with van der Waals surface area (Å²) in [5.74, 6) is 0.628. The van der Waals surface area contributed by atoms with Gasteiger partial charge in [-0.05, 0) is 54.8 Å². The number of nitrogens with zero attached hydrogens (tertiary/aromatic N) is 1. The Kier molecular flexibility index (Phi) is 6.44. The fourth-order valence-corrected chi connectivity index (χ4v) is 2.46. The van der Waals surface area contributed by atoms with E-state index in [1.54, 1.807) is 30.3 Å². The SMILES string of the molecule is CC[C@H](C)Oc1c(Cl)cc(/C=C(/C#N)c2ccc(F)cc2)cc1OC. The molecule has 0 saturated heterocycles. The molecule has 0 radical (unpaired) electrons. The second-order valence-corrected chi connectivity index (χ2v) is 5.95. The number of hydrogen-bond acceptors (Lipinski definition) is 3. The molecule has 1 atom stereocenters. The molecule has 0 N–H and O–H groups in total. The molecule has 2 aromatic rings. The van der Waals surface area contributed by atoms with Gasteiger partial charge in [0.2, 0.25) is 0 Å². The molecule has 0 unspecified atom stereocenters. The van der Waals surface area contributed by atoms with E-state index in [4.69, 9.17) is 21.1 Å². The van der Waals surface area contributed by atoms with Crippen LogP contribution in [0.25, 0.3) is 11.6 Å². The van der Waals surface area contributed by atoms with Crippen molar-refractivity contribution in [1.29, 1.82) is 5.26 Å². The fraction of sp³-hybridized carbons (Fsp3) is 0.250. The van der Waals surface area contributed by atoms with Crippen LogP contribution in [-0.4, -0.2) is 13.2 Å². The molecule has 0 aromatic heterocycles. The molecule has 5 heteroatoms. The highest BCUT2D eigenvalue weighted by molar-refractivity contribution is 6.32. The minimum absolute atomic E-state index is 0.00155. The average Bonchev–Trinajstić information content (AvgIpc) is 2.62. The van der Waals surface area contributed by atoms with Gasteiger partial charge in [-0.15, -0.1) is 0 Å². The average molecular weight is 360 g/mol. The maximum Gasteiger partial charge on any atom is 0.180 e. The highest BCUT2D eigenvalue weighted by Gasteiger charge is 2.14. The molecule has 2 rings (SSSR count). The Bertz CT molecular complexity index is 810. The molecule has 0 heterocycles. The first-order valence-corrected chi connectivity index (χ1v) is 8.28. The van der Waals surface area contributed by atoms with Gasteiger partial charge < -0.3 is 9.47 Å². The van der Waals surface area contributed by atoms with Crippen LogP contribution in [0.3, 0.4) is 0 Å². The van der Waals surface area contributed by atoms with E-state index >= 15 is 0 Å². The second-order valence-electron chi connectivity index (χ2n) is 5.55. The van der Waals surface area contributed by atoms with Crippen molar-refractivity contribution in [2.45, 2.75) is 26.4 Å². The number of allylic oxidation sites excluding steroid dienone is 1. The molecule has 0 spiro atoms. The predicted molar refractivity (Wildman–Crippen MR) is 98.3 cm³/mol. The van der Waals surface area contributed by atoms with Crippen molar-refractivity contribution >= 4 is 23.3 Å². The summed E-state index contributed by atoms with van der Waals surface area (Å²) in [6, 6.07) is 11.3. The Morgan fingerprint density at radius 3 is 2.56 bits per heavy atom. The van der Waals surface area contributed by atoms with E-state index in [2.05, 4.69) is 6.07 Å². The van der Waals surface area contributed by atoms with E-state index in [0.717, 1.165) is 6.42 Å². The Balaban J connectivity index is 2.43. The molecule has 2 aromatic carbocycles. The predicted octanol–water partition coefficient (Wildman–Crippen LogP) is 5.73. The highest BCUT2D eigenvalue weighted by Crippen LogP contribution is 2.38. The van der Waals surface area contributed by atoms with Crippen molar-refractivity contribution in [3.05, 3.63) is 58.4 Å². The summed E-state index contributed by atoms with van der Waals surface area (Å²) in [6.45, 7) is 3.97. The topological polar surface area (TPSA) is 42.2 Å². The molecule has 3 nitrogen and oxygen atoms in total. The maximum absolute atomic E-state index is 13.1. The standard InChI is InChI=1S/C20H19ClFNO2/c1-4-13(2)25-20-18(21)10-14(11-19(20)24-3)9-16(12-23)15-5-7-17(22)8-6-15/h5-11,13H,4H2,1-3H3/b16-9-/t13-/m0/s1. The quantitative estimate of drug-likeness (QED) is 0.488. The lowest BCUT2D eigenvalue weighted by molar-refractivity contribution is 0.208. The first-order valence-electron chi connectivity index (χ1n) is 7.90. The lowest BCUT2D eigenvalue weighted by Gasteiger charge is -2.17. The van der Waals surface area contributed by atoms with Crippen LogP contribution in [0.2, 0.25) is 5.02 Å². The number of benzene rings is 2. The lowest BCUT2D eigenvalue weighted by Crippen LogP contribution is -2.11. The Morgan fingerprint density at radius 2 is 2.00 bits per heavy atom. The third kappa shape index (κ3) is 4.74. The van der Waals surface area contributed by atoms with Gasteiger partial charge in [-0.1, -0.05) is 30.7 Å². The Labute approximate surface area is 152 Å². The first-order chi connectivity index (χ1) is 12.0. The van der Waals surface area contributed by atoms with Gasteiger partial charge in [-0.2, -0.15) is 5.26 Å². The number of rotatable bonds is 6. The van der Waals surface area contributed by atoms with Gasteiger partial charge in [0, 0.05) is 0 Å². The van der Waals surface area contributed by atoms with E-state index in [1.807, 2.05) is 13.8 Å². The monoisotopic (exact) mass is 359 g/mol. The number of halogens is 2. The lowest BCUT2D eigenvalue weighted by atomic mass is 10.0. The maximum atomic E-state index is 13.1. The van der Waals surface area contributed by atoms with Gasteiger partial charge in [0.25, 0.3) is 0 Å². The van der Waals surface area contributed by atoms with Gasteiger partial charge in [0.05, 0.1) is 29.9 Å². The van der Waals surface area contributed by atoms with E-state index in [9.17, 15) is 9.65 Å². The second kappa shape index (κ2) is 8.55. The molecular formula is C20H19ClFNO2. The third-order valence-corrected chi connectivity index (χ3v) is 4.01.